The molecule has 0 aliphatic carbocycles. The zero-order valence-electron chi connectivity index (χ0n) is 24.9. The van der Waals surface area contributed by atoms with Crippen molar-refractivity contribution in [3.05, 3.63) is 77.9 Å². The lowest BCUT2D eigenvalue weighted by atomic mass is 10.00. The van der Waals surface area contributed by atoms with Crippen LogP contribution in [0.3, 0.4) is 0 Å². The van der Waals surface area contributed by atoms with Crippen LogP contribution in [0.4, 0.5) is 5.82 Å². The van der Waals surface area contributed by atoms with E-state index in [0.717, 1.165) is 39.0 Å². The molecule has 43 heavy (non-hydrogen) atoms. The summed E-state index contributed by atoms with van der Waals surface area (Å²) in [7, 11) is -3.40. The summed E-state index contributed by atoms with van der Waals surface area (Å²) in [5.41, 5.74) is 4.16. The highest BCUT2D eigenvalue weighted by Crippen LogP contribution is 2.38. The fourth-order valence-electron chi connectivity index (χ4n) is 5.75. The van der Waals surface area contributed by atoms with Crippen molar-refractivity contribution in [2.75, 3.05) is 30.8 Å². The summed E-state index contributed by atoms with van der Waals surface area (Å²) < 4.78 is 33.9. The number of hydrogen-bond acceptors (Lipinski definition) is 9. The third-order valence-corrected chi connectivity index (χ3v) is 8.98. The largest absolute Gasteiger partial charge is 0.389 e. The summed E-state index contributed by atoms with van der Waals surface area (Å²) in [6.07, 6.45) is 4.78. The van der Waals surface area contributed by atoms with Crippen LogP contribution in [0.1, 0.15) is 36.9 Å². The summed E-state index contributed by atoms with van der Waals surface area (Å²) in [6, 6.07) is 15.7. The molecule has 1 atom stereocenters. The topological polar surface area (TPSA) is 130 Å². The third-order valence-electron chi connectivity index (χ3n) is 7.71. The van der Waals surface area contributed by atoms with Crippen molar-refractivity contribution in [1.29, 1.82) is 0 Å². The van der Waals surface area contributed by atoms with Crippen LogP contribution in [0.5, 0.6) is 0 Å². The molecule has 5 aromatic rings. The molecule has 0 amide bonds. The number of aromatic nitrogens is 5. The van der Waals surface area contributed by atoms with Crippen LogP contribution in [0, 0.1) is 13.8 Å². The minimum Gasteiger partial charge on any atom is -0.389 e. The van der Waals surface area contributed by atoms with Gasteiger partial charge in [-0.15, -0.1) is 0 Å². The Morgan fingerprint density at radius 3 is 2.49 bits per heavy atom. The number of aryl methyl sites for hydroxylation is 2. The number of hydrogen-bond donors (Lipinski definition) is 1. The first kappa shape index (κ1) is 29.0. The average Bonchev–Trinajstić information content (AvgIpc) is 3.56. The summed E-state index contributed by atoms with van der Waals surface area (Å²) in [5.74, 6) is 1.91. The predicted octanol–water partition coefficient (Wildman–Crippen LogP) is 4.36. The van der Waals surface area contributed by atoms with Gasteiger partial charge in [0.15, 0.2) is 5.82 Å². The van der Waals surface area contributed by atoms with Crippen molar-refractivity contribution in [2.45, 2.75) is 45.9 Å². The van der Waals surface area contributed by atoms with Gasteiger partial charge in [-0.2, -0.15) is 9.40 Å². The molecule has 0 bridgehead atoms. The molecule has 3 aromatic heterocycles. The van der Waals surface area contributed by atoms with Gasteiger partial charge in [0.05, 0.1) is 47.4 Å². The molecular formula is C31H35N7O4S. The Hall–Kier alpha value is -4.13. The lowest BCUT2D eigenvalue weighted by Gasteiger charge is -2.41. The van der Waals surface area contributed by atoms with Gasteiger partial charge in [-0.05, 0) is 51.0 Å². The van der Waals surface area contributed by atoms with Gasteiger partial charge in [0.2, 0.25) is 10.0 Å². The zero-order valence-corrected chi connectivity index (χ0v) is 25.7. The fourth-order valence-corrected chi connectivity index (χ4v) is 6.57. The number of piperazine rings is 1. The van der Waals surface area contributed by atoms with Crippen molar-refractivity contribution in [3.8, 4) is 22.5 Å². The predicted molar refractivity (Wildman–Crippen MR) is 165 cm³/mol. The van der Waals surface area contributed by atoms with Crippen molar-refractivity contribution in [1.82, 2.24) is 29.2 Å². The van der Waals surface area contributed by atoms with E-state index < -0.39 is 15.6 Å². The van der Waals surface area contributed by atoms with E-state index in [1.165, 1.54) is 10.6 Å². The van der Waals surface area contributed by atoms with Crippen molar-refractivity contribution >= 4 is 26.7 Å². The van der Waals surface area contributed by atoms with Crippen LogP contribution < -0.4 is 4.90 Å². The molecule has 0 spiro atoms. The molecule has 1 saturated heterocycles. The molecule has 1 aliphatic rings. The summed E-state index contributed by atoms with van der Waals surface area (Å²) in [4.78, 5) is 12.2. The summed E-state index contributed by atoms with van der Waals surface area (Å²) in [5, 5.41) is 19.7. The minimum absolute atomic E-state index is 0.281. The first-order valence-corrected chi connectivity index (χ1v) is 16.0. The second-order valence-corrected chi connectivity index (χ2v) is 13.8. The van der Waals surface area contributed by atoms with E-state index in [9.17, 15) is 13.5 Å². The Morgan fingerprint density at radius 1 is 1.05 bits per heavy atom. The highest BCUT2D eigenvalue weighted by molar-refractivity contribution is 7.88. The first-order chi connectivity index (χ1) is 20.4. The number of rotatable bonds is 7. The average molecular weight is 602 g/mol. The molecule has 0 radical (unpaired) electrons. The van der Waals surface area contributed by atoms with Gasteiger partial charge in [0, 0.05) is 36.8 Å². The van der Waals surface area contributed by atoms with Gasteiger partial charge in [-0.3, -0.25) is 4.68 Å². The van der Waals surface area contributed by atoms with Crippen LogP contribution in [0.25, 0.3) is 33.4 Å². The maximum atomic E-state index is 12.6. The molecule has 2 aromatic carbocycles. The van der Waals surface area contributed by atoms with E-state index in [-0.39, 0.29) is 12.6 Å². The van der Waals surface area contributed by atoms with Crippen molar-refractivity contribution in [2.24, 2.45) is 0 Å². The first-order valence-electron chi connectivity index (χ1n) is 14.1. The Kier molecular flexibility index (Phi) is 7.31. The smallest absolute Gasteiger partial charge is 0.211 e. The fraction of sp³-hybridized carbons (Fsp3) is 0.355. The van der Waals surface area contributed by atoms with E-state index in [2.05, 4.69) is 21.2 Å². The lowest BCUT2D eigenvalue weighted by Crippen LogP contribution is -2.50. The Morgan fingerprint density at radius 2 is 1.81 bits per heavy atom. The molecule has 1 aliphatic heterocycles. The Balaban J connectivity index is 1.54. The quantitative estimate of drug-likeness (QED) is 0.289. The molecule has 1 unspecified atom stereocenters. The number of aliphatic hydroxyl groups is 1. The van der Waals surface area contributed by atoms with E-state index in [4.69, 9.17) is 14.5 Å². The number of benzene rings is 2. The molecule has 0 saturated carbocycles. The Bertz CT molecular complexity index is 1880. The normalized spacial score (nSPS) is 16.7. The number of anilines is 1. The van der Waals surface area contributed by atoms with E-state index >= 15 is 0 Å². The monoisotopic (exact) mass is 601 g/mol. The second-order valence-electron chi connectivity index (χ2n) is 11.8. The maximum Gasteiger partial charge on any atom is 0.211 e. The van der Waals surface area contributed by atoms with Gasteiger partial charge in [-0.25, -0.2) is 18.4 Å². The van der Waals surface area contributed by atoms with Gasteiger partial charge in [-0.1, -0.05) is 41.6 Å². The van der Waals surface area contributed by atoms with Crippen LogP contribution in [0.2, 0.25) is 0 Å². The number of nitrogens with zero attached hydrogens (tertiary/aromatic N) is 7. The van der Waals surface area contributed by atoms with Crippen LogP contribution >= 0.6 is 0 Å². The van der Waals surface area contributed by atoms with Gasteiger partial charge in [0.25, 0.3) is 0 Å². The van der Waals surface area contributed by atoms with E-state index in [1.54, 1.807) is 24.7 Å². The van der Waals surface area contributed by atoms with Gasteiger partial charge < -0.3 is 14.5 Å². The molecular weight excluding hydrogens is 566 g/mol. The zero-order chi connectivity index (χ0) is 30.5. The number of sulfonamides is 1. The van der Waals surface area contributed by atoms with Gasteiger partial charge in [0.1, 0.15) is 11.6 Å². The van der Waals surface area contributed by atoms with Gasteiger partial charge >= 0.3 is 0 Å². The third kappa shape index (κ3) is 5.90. The summed E-state index contributed by atoms with van der Waals surface area (Å²) >= 11 is 0. The van der Waals surface area contributed by atoms with Crippen LogP contribution in [-0.4, -0.2) is 74.2 Å². The standard InChI is InChI=1S/C31H35N7O4S/c1-20-28(21(2)42-35-20)23-11-12-26-25(15-23)30(34-29(33-26)24-16-32-36(17-24)19-31(3,4)39)38-14-13-37(43(5,40)41)18-27(38)22-9-7-6-8-10-22/h6-12,15-17,27,39H,13-14,18-19H2,1-5H3. The maximum absolute atomic E-state index is 12.6. The highest BCUT2D eigenvalue weighted by atomic mass is 32.2. The molecule has 1 fully saturated rings. The van der Waals surface area contributed by atoms with E-state index in [1.807, 2.05) is 62.5 Å². The summed E-state index contributed by atoms with van der Waals surface area (Å²) in [6.45, 7) is 8.64. The second kappa shape index (κ2) is 10.9. The molecule has 224 valence electrons. The molecule has 4 heterocycles. The highest BCUT2D eigenvalue weighted by Gasteiger charge is 2.34. The molecule has 12 heteroatoms. The molecule has 6 rings (SSSR count). The SMILES string of the molecule is Cc1noc(C)c1-c1ccc2nc(-c3cnn(CC(C)(C)O)c3)nc(N3CCN(S(C)(=O)=O)CC3c3ccccc3)c2c1. The molecule has 1 N–H and O–H groups in total. The van der Waals surface area contributed by atoms with Crippen LogP contribution in [0.15, 0.2) is 65.4 Å². The van der Waals surface area contributed by atoms with E-state index in [0.29, 0.717) is 36.8 Å². The van der Waals surface area contributed by atoms with Crippen molar-refractivity contribution in [3.63, 3.8) is 0 Å². The number of fused-ring (bicyclic) bond motifs is 1. The lowest BCUT2D eigenvalue weighted by molar-refractivity contribution is 0.0577. The van der Waals surface area contributed by atoms with Crippen molar-refractivity contribution < 1.29 is 18.0 Å². The van der Waals surface area contributed by atoms with Crippen LogP contribution in [-0.2, 0) is 16.6 Å². The minimum atomic E-state index is -3.40. The molecule has 11 nitrogen and oxygen atoms in total. The Labute approximate surface area is 250 Å².